The van der Waals surface area contributed by atoms with Gasteiger partial charge in [0.2, 0.25) is 5.91 Å². The van der Waals surface area contributed by atoms with E-state index in [1.54, 1.807) is 6.92 Å². The number of aliphatic imine (C=N–C) groups is 1. The molecule has 1 heterocycles. The number of carbonyl (C=O) groups is 2. The molecule has 96 valence electrons. The Morgan fingerprint density at radius 1 is 1.39 bits per heavy atom. The van der Waals surface area contributed by atoms with E-state index < -0.39 is 23.3 Å². The number of urea groups is 1. The Hall–Kier alpha value is -0.390. The molecular formula is C12H19N2NaO3. The largest absolute Gasteiger partial charge is 1.00 e. The van der Waals surface area contributed by atoms with Gasteiger partial charge in [-0.15, -0.1) is 0 Å². The van der Waals surface area contributed by atoms with Crippen molar-refractivity contribution in [1.29, 1.82) is 0 Å². The van der Waals surface area contributed by atoms with Gasteiger partial charge < -0.3 is 5.11 Å². The van der Waals surface area contributed by atoms with Gasteiger partial charge in [-0.25, -0.2) is 9.79 Å². The number of amides is 3. The van der Waals surface area contributed by atoms with Gasteiger partial charge in [-0.05, 0) is 24.7 Å². The summed E-state index contributed by atoms with van der Waals surface area (Å²) in [6.45, 7) is 5.96. The predicted molar refractivity (Wildman–Crippen MR) is 62.4 cm³/mol. The molecular weight excluding hydrogens is 243 g/mol. The van der Waals surface area contributed by atoms with Crippen LogP contribution in [0, 0.1) is 11.3 Å². The van der Waals surface area contributed by atoms with E-state index in [9.17, 15) is 14.7 Å². The van der Waals surface area contributed by atoms with Gasteiger partial charge in [0.05, 0.1) is 5.41 Å². The van der Waals surface area contributed by atoms with Crippen molar-refractivity contribution in [2.45, 2.75) is 46.5 Å². The standard InChI is InChI=1S/C12H20N2O3.Na/c1-4-12(7-5-6-8(2)3)9(15)13-11(17)14-10(12)16;/h8H,4-7H2,1-3H3,(H2,13,14,15,16,17);/q;+1/p-1. The van der Waals surface area contributed by atoms with Crippen LogP contribution in [0.4, 0.5) is 4.79 Å². The van der Waals surface area contributed by atoms with Gasteiger partial charge in [0.25, 0.3) is 0 Å². The van der Waals surface area contributed by atoms with Gasteiger partial charge in [-0.1, -0.05) is 33.6 Å². The summed E-state index contributed by atoms with van der Waals surface area (Å²) in [5, 5.41) is 13.9. The first-order chi connectivity index (χ1) is 7.92. The molecule has 0 bridgehead atoms. The van der Waals surface area contributed by atoms with E-state index >= 15 is 0 Å². The molecule has 0 aromatic rings. The molecule has 1 aliphatic rings. The van der Waals surface area contributed by atoms with Crippen molar-refractivity contribution in [3.63, 3.8) is 0 Å². The number of nitrogens with one attached hydrogen (secondary N) is 1. The monoisotopic (exact) mass is 262 g/mol. The van der Waals surface area contributed by atoms with E-state index in [0.717, 1.165) is 12.8 Å². The summed E-state index contributed by atoms with van der Waals surface area (Å²) in [7, 11) is 0. The second-order valence-corrected chi connectivity index (χ2v) is 4.90. The topological polar surface area (TPSA) is 81.6 Å². The quantitative estimate of drug-likeness (QED) is 0.595. The van der Waals surface area contributed by atoms with Crippen molar-refractivity contribution in [2.75, 3.05) is 0 Å². The third-order valence-electron chi connectivity index (χ3n) is 3.26. The molecule has 1 aliphatic heterocycles. The Kier molecular flexibility index (Phi) is 7.10. The summed E-state index contributed by atoms with van der Waals surface area (Å²) in [5.74, 6) is -0.546. The van der Waals surface area contributed by atoms with Crippen LogP contribution < -0.4 is 40.0 Å². The zero-order valence-electron chi connectivity index (χ0n) is 11.6. The summed E-state index contributed by atoms with van der Waals surface area (Å²) in [6, 6.07) is -0.840. The number of imide groups is 1. The van der Waals surface area contributed by atoms with Crippen LogP contribution in [0.25, 0.3) is 0 Å². The van der Waals surface area contributed by atoms with Crippen molar-refractivity contribution in [2.24, 2.45) is 16.3 Å². The smallest absolute Gasteiger partial charge is 0.861 e. The maximum atomic E-state index is 11.8. The fraction of sp³-hybridized carbons (Fsp3) is 0.750. The maximum Gasteiger partial charge on any atom is 1.00 e. The van der Waals surface area contributed by atoms with E-state index in [4.69, 9.17) is 0 Å². The van der Waals surface area contributed by atoms with E-state index in [1.165, 1.54) is 0 Å². The third kappa shape index (κ3) is 3.80. The van der Waals surface area contributed by atoms with Crippen LogP contribution >= 0.6 is 0 Å². The van der Waals surface area contributed by atoms with Crippen LogP contribution in [-0.4, -0.2) is 17.8 Å². The SMILES string of the molecule is CCC1(CCCC(C)C)C(=O)NC(=O)N=C1[O-].[Na+]. The van der Waals surface area contributed by atoms with Crippen molar-refractivity contribution in [3.8, 4) is 0 Å². The van der Waals surface area contributed by atoms with Gasteiger partial charge in [-0.3, -0.25) is 10.1 Å². The van der Waals surface area contributed by atoms with Crippen LogP contribution in [0.3, 0.4) is 0 Å². The van der Waals surface area contributed by atoms with Crippen LogP contribution in [-0.2, 0) is 4.79 Å². The van der Waals surface area contributed by atoms with E-state index in [-0.39, 0.29) is 29.6 Å². The molecule has 5 nitrogen and oxygen atoms in total. The van der Waals surface area contributed by atoms with Gasteiger partial charge in [-0.2, -0.15) is 0 Å². The Labute approximate surface area is 130 Å². The second kappa shape index (κ2) is 7.26. The van der Waals surface area contributed by atoms with E-state index in [1.807, 2.05) is 0 Å². The molecule has 18 heavy (non-hydrogen) atoms. The number of carbonyl (C=O) groups excluding carboxylic acids is 2. The van der Waals surface area contributed by atoms with E-state index in [0.29, 0.717) is 18.8 Å². The minimum absolute atomic E-state index is 0. The maximum absolute atomic E-state index is 11.8. The van der Waals surface area contributed by atoms with Crippen LogP contribution in [0.2, 0.25) is 0 Å². The predicted octanol–water partition coefficient (Wildman–Crippen LogP) is -1.78. The average molecular weight is 262 g/mol. The third-order valence-corrected chi connectivity index (χ3v) is 3.26. The molecule has 0 saturated carbocycles. The van der Waals surface area contributed by atoms with Crippen LogP contribution in [0.15, 0.2) is 4.99 Å². The second-order valence-electron chi connectivity index (χ2n) is 4.90. The summed E-state index contributed by atoms with van der Waals surface area (Å²) >= 11 is 0. The van der Waals surface area contributed by atoms with Crippen LogP contribution in [0.1, 0.15) is 46.5 Å². The van der Waals surface area contributed by atoms with Crippen molar-refractivity contribution in [1.82, 2.24) is 5.32 Å². The summed E-state index contributed by atoms with van der Waals surface area (Å²) < 4.78 is 0. The van der Waals surface area contributed by atoms with Gasteiger partial charge in [0.1, 0.15) is 0 Å². The summed E-state index contributed by atoms with van der Waals surface area (Å²) in [4.78, 5) is 26.1. The summed E-state index contributed by atoms with van der Waals surface area (Å²) in [6.07, 6.45) is 2.58. The molecule has 0 fully saturated rings. The van der Waals surface area contributed by atoms with Crippen molar-refractivity contribution < 1.29 is 44.3 Å². The minimum atomic E-state index is -1.12. The summed E-state index contributed by atoms with van der Waals surface area (Å²) in [5.41, 5.74) is -1.12. The molecule has 0 radical (unpaired) electrons. The number of hydrogen-bond donors (Lipinski definition) is 1. The van der Waals surface area contributed by atoms with Crippen molar-refractivity contribution in [3.05, 3.63) is 0 Å². The molecule has 0 spiro atoms. The first-order valence-corrected chi connectivity index (χ1v) is 6.04. The molecule has 1 N–H and O–H groups in total. The first kappa shape index (κ1) is 17.6. The molecule has 3 amide bonds. The molecule has 0 aromatic carbocycles. The number of rotatable bonds is 5. The number of nitrogens with zero attached hydrogens (tertiary/aromatic N) is 1. The molecule has 1 unspecified atom stereocenters. The first-order valence-electron chi connectivity index (χ1n) is 6.04. The van der Waals surface area contributed by atoms with Gasteiger partial charge >= 0.3 is 35.6 Å². The zero-order chi connectivity index (χ0) is 13.1. The van der Waals surface area contributed by atoms with Gasteiger partial charge in [0.15, 0.2) is 0 Å². The minimum Gasteiger partial charge on any atom is -0.861 e. The Bertz CT molecular complexity index is 355. The fourth-order valence-corrected chi connectivity index (χ4v) is 2.06. The number of hydrogen-bond acceptors (Lipinski definition) is 3. The molecule has 0 aliphatic carbocycles. The Morgan fingerprint density at radius 2 is 2.00 bits per heavy atom. The fourth-order valence-electron chi connectivity index (χ4n) is 2.06. The molecule has 0 aromatic heterocycles. The Morgan fingerprint density at radius 3 is 2.44 bits per heavy atom. The Balaban J connectivity index is 0.00000289. The van der Waals surface area contributed by atoms with E-state index in [2.05, 4.69) is 24.2 Å². The average Bonchev–Trinajstić information content (AvgIpc) is 2.22. The van der Waals surface area contributed by atoms with Gasteiger partial charge in [0, 0.05) is 0 Å². The molecule has 0 saturated heterocycles. The van der Waals surface area contributed by atoms with Crippen molar-refractivity contribution >= 4 is 17.8 Å². The molecule has 1 rings (SSSR count). The normalized spacial score (nSPS) is 23.4. The molecule has 6 heteroatoms. The molecule has 1 atom stereocenters. The van der Waals surface area contributed by atoms with Crippen LogP contribution in [0.5, 0.6) is 0 Å². The zero-order valence-corrected chi connectivity index (χ0v) is 13.6.